The summed E-state index contributed by atoms with van der Waals surface area (Å²) < 4.78 is 28.5. The summed E-state index contributed by atoms with van der Waals surface area (Å²) in [5.74, 6) is 0.133. The minimum absolute atomic E-state index is 0.129. The van der Waals surface area contributed by atoms with E-state index < -0.39 is 10.0 Å². The van der Waals surface area contributed by atoms with E-state index in [9.17, 15) is 13.2 Å². The molecule has 0 aliphatic heterocycles. The highest BCUT2D eigenvalue weighted by Gasteiger charge is 2.25. The Morgan fingerprint density at radius 2 is 2.07 bits per heavy atom. The Morgan fingerprint density at radius 1 is 1.22 bits per heavy atom. The molecule has 1 aliphatic rings. The number of rotatable bonds is 5. The van der Waals surface area contributed by atoms with E-state index in [0.29, 0.717) is 29.6 Å². The highest BCUT2D eigenvalue weighted by Crippen LogP contribution is 2.32. The predicted octanol–water partition coefficient (Wildman–Crippen LogP) is 3.12. The molecule has 1 aromatic carbocycles. The van der Waals surface area contributed by atoms with Crippen molar-refractivity contribution >= 4 is 26.7 Å². The van der Waals surface area contributed by atoms with Crippen molar-refractivity contribution in [1.82, 2.24) is 14.7 Å². The summed E-state index contributed by atoms with van der Waals surface area (Å²) in [5.41, 5.74) is 3.71. The lowest BCUT2D eigenvalue weighted by atomic mass is 9.94. The number of nitrogens with one attached hydrogen (secondary N) is 2. The molecule has 140 valence electrons. The fourth-order valence-electron chi connectivity index (χ4n) is 3.66. The SMILES string of the molecule is CCc1cc2c3c([nH]c2cc1S(=O)(=O)NCc1ccccn1)CCCC3=O. The van der Waals surface area contributed by atoms with Crippen molar-refractivity contribution in [2.24, 2.45) is 0 Å². The number of aryl methyl sites for hydroxylation is 2. The monoisotopic (exact) mass is 383 g/mol. The van der Waals surface area contributed by atoms with Crippen molar-refractivity contribution < 1.29 is 13.2 Å². The Morgan fingerprint density at radius 3 is 2.81 bits per heavy atom. The molecular weight excluding hydrogens is 362 g/mol. The van der Waals surface area contributed by atoms with Crippen molar-refractivity contribution in [2.45, 2.75) is 44.0 Å². The lowest BCUT2D eigenvalue weighted by Gasteiger charge is -2.12. The number of ketones is 1. The fraction of sp³-hybridized carbons (Fsp3) is 0.300. The van der Waals surface area contributed by atoms with Gasteiger partial charge in [0.25, 0.3) is 0 Å². The van der Waals surface area contributed by atoms with E-state index in [1.54, 1.807) is 24.4 Å². The van der Waals surface area contributed by atoms with Gasteiger partial charge in [0.2, 0.25) is 10.0 Å². The van der Waals surface area contributed by atoms with Crippen LogP contribution in [0.25, 0.3) is 10.9 Å². The summed E-state index contributed by atoms with van der Waals surface area (Å²) >= 11 is 0. The number of benzene rings is 1. The van der Waals surface area contributed by atoms with Gasteiger partial charge in [-0.25, -0.2) is 13.1 Å². The number of fused-ring (bicyclic) bond motifs is 3. The van der Waals surface area contributed by atoms with Gasteiger partial charge < -0.3 is 4.98 Å². The summed E-state index contributed by atoms with van der Waals surface area (Å²) in [5, 5.41) is 0.829. The van der Waals surface area contributed by atoms with Gasteiger partial charge in [0.15, 0.2) is 5.78 Å². The third-order valence-corrected chi connectivity index (χ3v) is 6.49. The minimum Gasteiger partial charge on any atom is -0.358 e. The lowest BCUT2D eigenvalue weighted by Crippen LogP contribution is -2.24. The number of aromatic nitrogens is 2. The van der Waals surface area contributed by atoms with E-state index in [1.165, 1.54) is 0 Å². The van der Waals surface area contributed by atoms with Crippen LogP contribution in [0.2, 0.25) is 0 Å². The van der Waals surface area contributed by atoms with Crippen LogP contribution >= 0.6 is 0 Å². The normalized spacial score (nSPS) is 14.5. The van der Waals surface area contributed by atoms with Crippen molar-refractivity contribution in [3.05, 3.63) is 59.0 Å². The van der Waals surface area contributed by atoms with Gasteiger partial charge in [-0.15, -0.1) is 0 Å². The number of Topliss-reactive ketones (excluding diaryl/α,β-unsaturated/α-hetero) is 1. The predicted molar refractivity (Wildman–Crippen MR) is 103 cm³/mol. The van der Waals surface area contributed by atoms with Crippen LogP contribution in [-0.2, 0) is 29.4 Å². The third kappa shape index (κ3) is 3.28. The fourth-order valence-corrected chi connectivity index (χ4v) is 4.97. The molecule has 0 spiro atoms. The first-order chi connectivity index (χ1) is 13.0. The molecule has 27 heavy (non-hydrogen) atoms. The molecule has 0 radical (unpaired) electrons. The Balaban J connectivity index is 1.75. The number of H-pyrrole nitrogens is 1. The number of nitrogens with zero attached hydrogens (tertiary/aromatic N) is 1. The molecule has 7 heteroatoms. The largest absolute Gasteiger partial charge is 0.358 e. The number of hydrogen-bond donors (Lipinski definition) is 2. The van der Waals surface area contributed by atoms with Gasteiger partial charge in [0.05, 0.1) is 17.1 Å². The van der Waals surface area contributed by atoms with E-state index in [2.05, 4.69) is 14.7 Å². The summed E-state index contributed by atoms with van der Waals surface area (Å²) in [6, 6.07) is 8.89. The summed E-state index contributed by atoms with van der Waals surface area (Å²) in [6.45, 7) is 2.05. The van der Waals surface area contributed by atoms with E-state index in [4.69, 9.17) is 0 Å². The Hall–Kier alpha value is -2.51. The average Bonchev–Trinajstić information content (AvgIpc) is 3.05. The number of aromatic amines is 1. The molecule has 0 saturated heterocycles. The standard InChI is InChI=1S/C20H21N3O3S/c1-2-13-10-15-17(23-16-7-5-8-18(24)20(15)16)11-19(13)27(25,26)22-12-14-6-3-4-9-21-14/h3-4,6,9-11,22-23H,2,5,7-8,12H2,1H3. The molecule has 0 atom stereocenters. The maximum absolute atomic E-state index is 12.9. The highest BCUT2D eigenvalue weighted by molar-refractivity contribution is 7.89. The highest BCUT2D eigenvalue weighted by atomic mass is 32.2. The average molecular weight is 383 g/mol. The molecule has 0 fully saturated rings. The number of hydrogen-bond acceptors (Lipinski definition) is 4. The number of carbonyl (C=O) groups excluding carboxylic acids is 1. The number of sulfonamides is 1. The molecule has 2 heterocycles. The van der Waals surface area contributed by atoms with Crippen molar-refractivity contribution in [3.63, 3.8) is 0 Å². The van der Waals surface area contributed by atoms with Gasteiger partial charge in [0.1, 0.15) is 0 Å². The van der Waals surface area contributed by atoms with E-state index in [-0.39, 0.29) is 17.2 Å². The van der Waals surface area contributed by atoms with Gasteiger partial charge in [0, 0.05) is 34.8 Å². The van der Waals surface area contributed by atoms with Gasteiger partial charge in [-0.05, 0) is 49.1 Å². The van der Waals surface area contributed by atoms with Crippen LogP contribution in [0.15, 0.2) is 41.4 Å². The number of pyridine rings is 1. The van der Waals surface area contributed by atoms with Crippen molar-refractivity contribution in [1.29, 1.82) is 0 Å². The number of carbonyl (C=O) groups is 1. The minimum atomic E-state index is -3.70. The molecule has 2 aromatic heterocycles. The van der Waals surface area contributed by atoms with Crippen molar-refractivity contribution in [3.8, 4) is 0 Å². The first-order valence-corrected chi connectivity index (χ1v) is 10.6. The van der Waals surface area contributed by atoms with Gasteiger partial charge >= 0.3 is 0 Å². The Kier molecular flexibility index (Phi) is 4.57. The second-order valence-corrected chi connectivity index (χ2v) is 8.50. The van der Waals surface area contributed by atoms with Crippen LogP contribution < -0.4 is 4.72 Å². The van der Waals surface area contributed by atoms with Crippen LogP contribution in [-0.4, -0.2) is 24.2 Å². The molecule has 3 aromatic rings. The van der Waals surface area contributed by atoms with Crippen LogP contribution in [0.5, 0.6) is 0 Å². The van der Waals surface area contributed by atoms with Gasteiger partial charge in [-0.1, -0.05) is 13.0 Å². The van der Waals surface area contributed by atoms with E-state index in [1.807, 2.05) is 19.1 Å². The van der Waals surface area contributed by atoms with E-state index in [0.717, 1.165) is 29.5 Å². The first kappa shape index (κ1) is 17.9. The van der Waals surface area contributed by atoms with Crippen molar-refractivity contribution in [2.75, 3.05) is 0 Å². The lowest BCUT2D eigenvalue weighted by molar-refractivity contribution is 0.0974. The summed E-state index contributed by atoms with van der Waals surface area (Å²) in [7, 11) is -3.70. The van der Waals surface area contributed by atoms with Gasteiger partial charge in [-0.3, -0.25) is 9.78 Å². The Bertz CT molecular complexity index is 1120. The van der Waals surface area contributed by atoms with Crippen LogP contribution in [0, 0.1) is 0 Å². The molecular formula is C20H21N3O3S. The maximum atomic E-state index is 12.9. The third-order valence-electron chi connectivity index (χ3n) is 5.01. The Labute approximate surface area is 158 Å². The zero-order valence-electron chi connectivity index (χ0n) is 15.1. The first-order valence-electron chi connectivity index (χ1n) is 9.10. The second-order valence-electron chi connectivity index (χ2n) is 6.76. The molecule has 1 aliphatic carbocycles. The zero-order valence-corrected chi connectivity index (χ0v) is 15.9. The molecule has 0 saturated carbocycles. The zero-order chi connectivity index (χ0) is 19.0. The molecule has 2 N–H and O–H groups in total. The van der Waals surface area contributed by atoms with E-state index >= 15 is 0 Å². The topological polar surface area (TPSA) is 91.9 Å². The van der Waals surface area contributed by atoms with Crippen LogP contribution in [0.1, 0.15) is 47.1 Å². The summed E-state index contributed by atoms with van der Waals surface area (Å²) in [4.78, 5) is 20.0. The smallest absolute Gasteiger partial charge is 0.241 e. The van der Waals surface area contributed by atoms with Crippen LogP contribution in [0.3, 0.4) is 0 Å². The second kappa shape index (κ2) is 6.90. The molecule has 0 unspecified atom stereocenters. The molecule has 0 bridgehead atoms. The molecule has 6 nitrogen and oxygen atoms in total. The maximum Gasteiger partial charge on any atom is 0.241 e. The van der Waals surface area contributed by atoms with Crippen LogP contribution in [0.4, 0.5) is 0 Å². The molecule has 4 rings (SSSR count). The summed E-state index contributed by atoms with van der Waals surface area (Å²) in [6.07, 6.45) is 4.39. The van der Waals surface area contributed by atoms with Gasteiger partial charge in [-0.2, -0.15) is 0 Å². The quantitative estimate of drug-likeness (QED) is 0.708. The molecule has 0 amide bonds.